The third-order valence-electron chi connectivity index (χ3n) is 2.91. The van der Waals surface area contributed by atoms with Crippen molar-refractivity contribution in [2.45, 2.75) is 0 Å². The molecule has 2 rings (SSSR count). The zero-order valence-electron chi connectivity index (χ0n) is 12.1. The first-order valence-corrected chi connectivity index (χ1v) is 7.35. The molecule has 0 fully saturated rings. The molecule has 2 aromatic carbocycles. The van der Waals surface area contributed by atoms with Crippen molar-refractivity contribution >= 4 is 46.5 Å². The normalized spacial score (nSPS) is 9.83. The number of halogens is 1. The Kier molecular flexibility index (Phi) is 5.67. The van der Waals surface area contributed by atoms with Crippen molar-refractivity contribution in [2.24, 2.45) is 0 Å². The van der Waals surface area contributed by atoms with E-state index in [1.165, 1.54) is 7.11 Å². The van der Waals surface area contributed by atoms with Gasteiger partial charge in [-0.3, -0.25) is 10.1 Å². The van der Waals surface area contributed by atoms with E-state index in [-0.39, 0.29) is 5.11 Å². The van der Waals surface area contributed by atoms with Gasteiger partial charge in [-0.05, 0) is 48.6 Å². The summed E-state index contributed by atoms with van der Waals surface area (Å²) >= 11 is 11.0. The second-order valence-corrected chi connectivity index (χ2v) is 5.27. The van der Waals surface area contributed by atoms with Crippen LogP contribution in [-0.2, 0) is 4.74 Å². The molecule has 1 amide bonds. The molecule has 0 spiro atoms. The number of carbonyl (C=O) groups excluding carboxylic acids is 2. The SMILES string of the molecule is COC(=O)c1ccc(NC(=S)NC(=O)c2ccccc2Cl)cc1. The lowest BCUT2D eigenvalue weighted by Crippen LogP contribution is -2.34. The molecule has 5 nitrogen and oxygen atoms in total. The molecular weight excluding hydrogens is 336 g/mol. The average Bonchev–Trinajstić information content (AvgIpc) is 2.55. The predicted octanol–water partition coefficient (Wildman–Crippen LogP) is 3.25. The Labute approximate surface area is 143 Å². The summed E-state index contributed by atoms with van der Waals surface area (Å²) in [5.41, 5.74) is 1.38. The van der Waals surface area contributed by atoms with Crippen molar-refractivity contribution in [1.82, 2.24) is 5.32 Å². The topological polar surface area (TPSA) is 67.4 Å². The van der Waals surface area contributed by atoms with E-state index in [1.807, 2.05) is 0 Å². The maximum Gasteiger partial charge on any atom is 0.337 e. The number of carbonyl (C=O) groups is 2. The van der Waals surface area contributed by atoms with E-state index >= 15 is 0 Å². The van der Waals surface area contributed by atoms with Crippen molar-refractivity contribution in [3.05, 3.63) is 64.7 Å². The van der Waals surface area contributed by atoms with Crippen LogP contribution in [0.1, 0.15) is 20.7 Å². The lowest BCUT2D eigenvalue weighted by atomic mass is 10.2. The standard InChI is InChI=1S/C16H13ClN2O3S/c1-22-15(21)10-6-8-11(9-7-10)18-16(23)19-14(20)12-4-2-3-5-13(12)17/h2-9H,1H3,(H2,18,19,20,23). The Bertz CT molecular complexity index is 747. The van der Waals surface area contributed by atoms with Crippen molar-refractivity contribution in [3.8, 4) is 0 Å². The van der Waals surface area contributed by atoms with E-state index in [0.29, 0.717) is 21.8 Å². The summed E-state index contributed by atoms with van der Waals surface area (Å²) in [6.45, 7) is 0. The zero-order chi connectivity index (χ0) is 16.8. The fourth-order valence-electron chi connectivity index (χ4n) is 1.79. The molecule has 0 atom stereocenters. The van der Waals surface area contributed by atoms with E-state index in [0.717, 1.165) is 0 Å². The van der Waals surface area contributed by atoms with Crippen LogP contribution in [0.25, 0.3) is 0 Å². The van der Waals surface area contributed by atoms with Gasteiger partial charge in [0.05, 0.1) is 23.3 Å². The molecule has 0 aromatic heterocycles. The maximum atomic E-state index is 12.1. The highest BCUT2D eigenvalue weighted by Crippen LogP contribution is 2.15. The van der Waals surface area contributed by atoms with Crippen LogP contribution >= 0.6 is 23.8 Å². The molecule has 0 saturated heterocycles. The number of esters is 1. The van der Waals surface area contributed by atoms with Gasteiger partial charge in [0.25, 0.3) is 5.91 Å². The van der Waals surface area contributed by atoms with E-state index < -0.39 is 11.9 Å². The summed E-state index contributed by atoms with van der Waals surface area (Å²) in [5, 5.41) is 5.86. The molecule has 0 bridgehead atoms. The number of amides is 1. The van der Waals surface area contributed by atoms with E-state index in [1.54, 1.807) is 48.5 Å². The Morgan fingerprint density at radius 1 is 1.09 bits per heavy atom. The van der Waals surface area contributed by atoms with Gasteiger partial charge in [0.1, 0.15) is 0 Å². The van der Waals surface area contributed by atoms with Gasteiger partial charge in [0.2, 0.25) is 0 Å². The van der Waals surface area contributed by atoms with Crippen LogP contribution in [0, 0.1) is 0 Å². The monoisotopic (exact) mass is 348 g/mol. The van der Waals surface area contributed by atoms with Gasteiger partial charge in [0, 0.05) is 5.69 Å². The first-order valence-electron chi connectivity index (χ1n) is 6.56. The quantitative estimate of drug-likeness (QED) is 0.658. The largest absolute Gasteiger partial charge is 0.465 e. The van der Waals surface area contributed by atoms with Gasteiger partial charge in [0.15, 0.2) is 5.11 Å². The highest BCUT2D eigenvalue weighted by atomic mass is 35.5. The van der Waals surface area contributed by atoms with Crippen LogP contribution in [0.15, 0.2) is 48.5 Å². The summed E-state index contributed by atoms with van der Waals surface area (Å²) in [5.74, 6) is -0.828. The van der Waals surface area contributed by atoms with Crippen molar-refractivity contribution in [3.63, 3.8) is 0 Å². The van der Waals surface area contributed by atoms with Crippen molar-refractivity contribution in [2.75, 3.05) is 12.4 Å². The highest BCUT2D eigenvalue weighted by Gasteiger charge is 2.11. The number of benzene rings is 2. The number of rotatable bonds is 3. The fourth-order valence-corrected chi connectivity index (χ4v) is 2.22. The van der Waals surface area contributed by atoms with Gasteiger partial charge in [-0.25, -0.2) is 4.79 Å². The first kappa shape index (κ1) is 16.9. The van der Waals surface area contributed by atoms with Gasteiger partial charge in [-0.1, -0.05) is 23.7 Å². The number of thiocarbonyl (C=S) groups is 1. The lowest BCUT2D eigenvalue weighted by molar-refractivity contribution is 0.0600. The first-order chi connectivity index (χ1) is 11.0. The molecule has 118 valence electrons. The highest BCUT2D eigenvalue weighted by molar-refractivity contribution is 7.80. The molecule has 7 heteroatoms. The maximum absolute atomic E-state index is 12.1. The molecule has 0 radical (unpaired) electrons. The summed E-state index contributed by atoms with van der Waals surface area (Å²) in [4.78, 5) is 23.4. The third-order valence-corrected chi connectivity index (χ3v) is 3.44. The number of nitrogens with one attached hydrogen (secondary N) is 2. The molecule has 0 unspecified atom stereocenters. The summed E-state index contributed by atoms with van der Waals surface area (Å²) in [6, 6.07) is 13.2. The minimum absolute atomic E-state index is 0.126. The Balaban J connectivity index is 1.98. The Morgan fingerprint density at radius 3 is 2.35 bits per heavy atom. The third kappa shape index (κ3) is 4.51. The number of hydrogen-bond acceptors (Lipinski definition) is 4. The molecule has 23 heavy (non-hydrogen) atoms. The number of hydrogen-bond donors (Lipinski definition) is 2. The predicted molar refractivity (Wildman–Crippen MR) is 92.9 cm³/mol. The van der Waals surface area contributed by atoms with Crippen LogP contribution in [-0.4, -0.2) is 24.1 Å². The molecule has 0 aliphatic carbocycles. The molecular formula is C16H13ClN2O3S. The molecule has 0 aliphatic rings. The van der Waals surface area contributed by atoms with Crippen LogP contribution in [0.4, 0.5) is 5.69 Å². The van der Waals surface area contributed by atoms with Gasteiger partial charge in [-0.2, -0.15) is 0 Å². The minimum atomic E-state index is -0.425. The summed E-state index contributed by atoms with van der Waals surface area (Å²) in [7, 11) is 1.31. The van der Waals surface area contributed by atoms with Gasteiger partial charge < -0.3 is 10.1 Å². The smallest absolute Gasteiger partial charge is 0.337 e. The minimum Gasteiger partial charge on any atom is -0.465 e. The fraction of sp³-hybridized carbons (Fsp3) is 0.0625. The number of ether oxygens (including phenoxy) is 1. The second kappa shape index (κ2) is 7.71. The molecule has 2 N–H and O–H groups in total. The van der Waals surface area contributed by atoms with Crippen molar-refractivity contribution in [1.29, 1.82) is 0 Å². The zero-order valence-corrected chi connectivity index (χ0v) is 13.7. The average molecular weight is 349 g/mol. The summed E-state index contributed by atoms with van der Waals surface area (Å²) < 4.78 is 4.62. The molecule has 2 aromatic rings. The molecule has 0 aliphatic heterocycles. The molecule has 0 heterocycles. The van der Waals surface area contributed by atoms with Crippen LogP contribution in [0.3, 0.4) is 0 Å². The van der Waals surface area contributed by atoms with Crippen LogP contribution in [0.5, 0.6) is 0 Å². The number of methoxy groups -OCH3 is 1. The summed E-state index contributed by atoms with van der Waals surface area (Å²) in [6.07, 6.45) is 0. The van der Waals surface area contributed by atoms with Crippen LogP contribution in [0.2, 0.25) is 5.02 Å². The number of anilines is 1. The van der Waals surface area contributed by atoms with Crippen LogP contribution < -0.4 is 10.6 Å². The lowest BCUT2D eigenvalue weighted by Gasteiger charge is -2.10. The van der Waals surface area contributed by atoms with E-state index in [2.05, 4.69) is 15.4 Å². The molecule has 0 saturated carbocycles. The Hall–Kier alpha value is -2.44. The Morgan fingerprint density at radius 2 is 1.74 bits per heavy atom. The van der Waals surface area contributed by atoms with Gasteiger partial charge in [-0.15, -0.1) is 0 Å². The van der Waals surface area contributed by atoms with Crippen molar-refractivity contribution < 1.29 is 14.3 Å². The van der Waals surface area contributed by atoms with E-state index in [9.17, 15) is 9.59 Å². The second-order valence-electron chi connectivity index (χ2n) is 4.46. The van der Waals surface area contributed by atoms with E-state index in [4.69, 9.17) is 23.8 Å². The van der Waals surface area contributed by atoms with Gasteiger partial charge >= 0.3 is 5.97 Å².